The second-order valence-corrected chi connectivity index (χ2v) is 6.26. The summed E-state index contributed by atoms with van der Waals surface area (Å²) in [6, 6.07) is 14.5. The predicted molar refractivity (Wildman–Crippen MR) is 90.0 cm³/mol. The van der Waals surface area contributed by atoms with Crippen molar-refractivity contribution >= 4 is 51.3 Å². The van der Waals surface area contributed by atoms with Crippen LogP contribution in [0.2, 0.25) is 0 Å². The molecular weight excluding hydrogens is 369 g/mol. The number of imidazole rings is 1. The predicted octanol–water partition coefficient (Wildman–Crippen LogP) is 3.93. The van der Waals surface area contributed by atoms with E-state index in [4.69, 9.17) is 5.73 Å². The molecule has 0 amide bonds. The minimum absolute atomic E-state index is 0.522. The molecule has 19 heavy (non-hydrogen) atoms. The van der Waals surface area contributed by atoms with E-state index in [1.165, 1.54) is 4.90 Å². The fourth-order valence-electron chi connectivity index (χ4n) is 2.07. The summed E-state index contributed by atoms with van der Waals surface area (Å²) in [6.07, 6.45) is 2.07. The largest absolute Gasteiger partial charge is 0.369 e. The fourth-order valence-corrected chi connectivity index (χ4v) is 2.96. The van der Waals surface area contributed by atoms with Gasteiger partial charge in [0, 0.05) is 14.2 Å². The zero-order valence-electron chi connectivity index (χ0n) is 10.3. The molecule has 1 aromatic heterocycles. The molecule has 0 aliphatic heterocycles. The first-order valence-electron chi connectivity index (χ1n) is 5.77. The van der Waals surface area contributed by atoms with Gasteiger partial charge in [-0.15, -0.1) is 11.8 Å². The van der Waals surface area contributed by atoms with Crippen LogP contribution in [0.25, 0.3) is 16.7 Å². The summed E-state index contributed by atoms with van der Waals surface area (Å²) in [4.78, 5) is 5.66. The maximum absolute atomic E-state index is 6.05. The summed E-state index contributed by atoms with van der Waals surface area (Å²) in [7, 11) is 0. The number of halogens is 1. The van der Waals surface area contributed by atoms with Crippen molar-refractivity contribution in [3.63, 3.8) is 0 Å². The smallest absolute Gasteiger partial charge is 0.205 e. The van der Waals surface area contributed by atoms with Crippen LogP contribution < -0.4 is 5.73 Å². The highest BCUT2D eigenvalue weighted by Gasteiger charge is 2.10. The van der Waals surface area contributed by atoms with Gasteiger partial charge in [-0.3, -0.25) is 4.57 Å². The number of hydrogen-bond acceptors (Lipinski definition) is 3. The van der Waals surface area contributed by atoms with Gasteiger partial charge in [0.15, 0.2) is 0 Å². The zero-order valence-corrected chi connectivity index (χ0v) is 13.3. The number of rotatable bonds is 2. The number of fused-ring (bicyclic) bond motifs is 1. The molecule has 96 valence electrons. The number of nitrogens with zero attached hydrogens (tertiary/aromatic N) is 2. The van der Waals surface area contributed by atoms with Crippen molar-refractivity contribution in [2.24, 2.45) is 0 Å². The van der Waals surface area contributed by atoms with Crippen molar-refractivity contribution in [2.75, 3.05) is 12.0 Å². The van der Waals surface area contributed by atoms with Gasteiger partial charge in [-0.1, -0.05) is 0 Å². The third kappa shape index (κ3) is 2.32. The number of anilines is 1. The molecule has 2 N–H and O–H groups in total. The molecule has 2 aromatic carbocycles. The second-order valence-electron chi connectivity index (χ2n) is 4.14. The summed E-state index contributed by atoms with van der Waals surface area (Å²) >= 11 is 4.01. The van der Waals surface area contributed by atoms with Crippen LogP contribution in [-0.2, 0) is 0 Å². The zero-order chi connectivity index (χ0) is 13.4. The van der Waals surface area contributed by atoms with Gasteiger partial charge in [0.2, 0.25) is 5.95 Å². The molecule has 0 fully saturated rings. The van der Waals surface area contributed by atoms with Gasteiger partial charge in [-0.2, -0.15) is 0 Å². The molecule has 0 aliphatic rings. The van der Waals surface area contributed by atoms with Crippen molar-refractivity contribution in [3.05, 3.63) is 46.0 Å². The van der Waals surface area contributed by atoms with E-state index < -0.39 is 0 Å². The number of aromatic nitrogens is 2. The highest BCUT2D eigenvalue weighted by molar-refractivity contribution is 14.1. The highest BCUT2D eigenvalue weighted by atomic mass is 127. The minimum Gasteiger partial charge on any atom is -0.369 e. The van der Waals surface area contributed by atoms with E-state index in [2.05, 4.69) is 70.2 Å². The summed E-state index contributed by atoms with van der Waals surface area (Å²) < 4.78 is 3.14. The lowest BCUT2D eigenvalue weighted by molar-refractivity contribution is 1.10. The van der Waals surface area contributed by atoms with E-state index >= 15 is 0 Å². The van der Waals surface area contributed by atoms with Crippen molar-refractivity contribution in [1.82, 2.24) is 9.55 Å². The Labute approximate surface area is 129 Å². The van der Waals surface area contributed by atoms with Gasteiger partial charge in [-0.05, 0) is 71.3 Å². The molecule has 3 aromatic rings. The lowest BCUT2D eigenvalue weighted by atomic mass is 10.3. The number of nitrogens with two attached hydrogens (primary N) is 1. The van der Waals surface area contributed by atoms with Gasteiger partial charge >= 0.3 is 0 Å². The van der Waals surface area contributed by atoms with Crippen LogP contribution in [-0.4, -0.2) is 15.8 Å². The third-order valence-corrected chi connectivity index (χ3v) is 4.39. The van der Waals surface area contributed by atoms with Crippen LogP contribution in [0.15, 0.2) is 47.4 Å². The van der Waals surface area contributed by atoms with Crippen LogP contribution in [0.3, 0.4) is 0 Å². The van der Waals surface area contributed by atoms with E-state index in [0.29, 0.717) is 5.95 Å². The normalized spacial score (nSPS) is 11.1. The Hall–Kier alpha value is -1.21. The Bertz CT molecular complexity index is 734. The van der Waals surface area contributed by atoms with E-state index in [0.717, 1.165) is 20.3 Å². The summed E-state index contributed by atoms with van der Waals surface area (Å²) in [6.45, 7) is 0. The summed E-state index contributed by atoms with van der Waals surface area (Å²) in [5, 5.41) is 0. The Morgan fingerprint density at radius 2 is 1.89 bits per heavy atom. The highest BCUT2D eigenvalue weighted by Crippen LogP contribution is 2.25. The lowest BCUT2D eigenvalue weighted by Gasteiger charge is -2.07. The van der Waals surface area contributed by atoms with Crippen molar-refractivity contribution < 1.29 is 0 Å². The average Bonchev–Trinajstić information content (AvgIpc) is 2.74. The lowest BCUT2D eigenvalue weighted by Crippen LogP contribution is -2.00. The SMILES string of the molecule is CSc1ccc(-n2c(N)nc3cc(I)ccc32)cc1. The van der Waals surface area contributed by atoms with E-state index in [1.54, 1.807) is 11.8 Å². The molecular formula is C14H12IN3S. The van der Waals surface area contributed by atoms with Gasteiger partial charge in [0.25, 0.3) is 0 Å². The molecule has 3 rings (SSSR count). The fraction of sp³-hybridized carbons (Fsp3) is 0.0714. The molecule has 5 heteroatoms. The minimum atomic E-state index is 0.522. The Morgan fingerprint density at radius 3 is 2.58 bits per heavy atom. The Morgan fingerprint density at radius 1 is 1.16 bits per heavy atom. The van der Waals surface area contributed by atoms with Crippen molar-refractivity contribution in [1.29, 1.82) is 0 Å². The summed E-state index contributed by atoms with van der Waals surface area (Å²) in [5.74, 6) is 0.522. The average molecular weight is 381 g/mol. The molecule has 0 unspecified atom stereocenters. The second kappa shape index (κ2) is 5.05. The number of thioether (sulfide) groups is 1. The van der Waals surface area contributed by atoms with Crippen LogP contribution >= 0.6 is 34.4 Å². The van der Waals surface area contributed by atoms with Crippen LogP contribution in [0, 0.1) is 3.57 Å². The van der Waals surface area contributed by atoms with Gasteiger partial charge in [-0.25, -0.2) is 4.98 Å². The van der Waals surface area contributed by atoms with Crippen molar-refractivity contribution in [2.45, 2.75) is 4.90 Å². The van der Waals surface area contributed by atoms with E-state index in [9.17, 15) is 0 Å². The molecule has 0 bridgehead atoms. The maximum Gasteiger partial charge on any atom is 0.205 e. The monoisotopic (exact) mass is 381 g/mol. The van der Waals surface area contributed by atoms with Crippen LogP contribution in [0.4, 0.5) is 5.95 Å². The van der Waals surface area contributed by atoms with Crippen LogP contribution in [0.1, 0.15) is 0 Å². The third-order valence-electron chi connectivity index (χ3n) is 2.97. The molecule has 0 radical (unpaired) electrons. The number of nitrogen functional groups attached to an aromatic ring is 1. The van der Waals surface area contributed by atoms with Crippen molar-refractivity contribution in [3.8, 4) is 5.69 Å². The molecule has 0 atom stereocenters. The van der Waals surface area contributed by atoms with E-state index in [1.807, 2.05) is 10.6 Å². The van der Waals surface area contributed by atoms with E-state index in [-0.39, 0.29) is 0 Å². The summed E-state index contributed by atoms with van der Waals surface area (Å²) in [5.41, 5.74) is 9.06. The molecule has 0 saturated heterocycles. The van der Waals surface area contributed by atoms with Crippen LogP contribution in [0.5, 0.6) is 0 Å². The molecule has 0 saturated carbocycles. The Balaban J connectivity index is 2.20. The first kappa shape index (κ1) is 12.8. The van der Waals surface area contributed by atoms with Gasteiger partial charge in [0.05, 0.1) is 11.0 Å². The first-order valence-corrected chi connectivity index (χ1v) is 8.07. The molecule has 0 spiro atoms. The quantitative estimate of drug-likeness (QED) is 0.540. The molecule has 0 aliphatic carbocycles. The topological polar surface area (TPSA) is 43.8 Å². The first-order chi connectivity index (χ1) is 9.19. The molecule has 3 nitrogen and oxygen atoms in total. The molecule has 1 heterocycles. The number of benzene rings is 2. The van der Waals surface area contributed by atoms with Gasteiger partial charge in [0.1, 0.15) is 0 Å². The maximum atomic E-state index is 6.05. The Kier molecular flexibility index (Phi) is 3.40. The number of hydrogen-bond donors (Lipinski definition) is 1. The van der Waals surface area contributed by atoms with Gasteiger partial charge < -0.3 is 5.73 Å². The standard InChI is InChI=1S/C14H12IN3S/c1-19-11-5-3-10(4-6-11)18-13-7-2-9(15)8-12(13)17-14(18)16/h2-8H,1H3,(H2,16,17).